The quantitative estimate of drug-likeness (QED) is 0.888. The van der Waals surface area contributed by atoms with Crippen LogP contribution in [0.2, 0.25) is 0 Å². The lowest BCUT2D eigenvalue weighted by atomic mass is 9.96. The largest absolute Gasteiger partial charge is 0.373 e. The number of rotatable bonds is 4. The van der Waals surface area contributed by atoms with Crippen LogP contribution < -0.4 is 5.32 Å². The Morgan fingerprint density at radius 3 is 3.00 bits per heavy atom. The second-order valence-electron chi connectivity index (χ2n) is 5.33. The summed E-state index contributed by atoms with van der Waals surface area (Å²) in [4.78, 5) is 4.76. The molecule has 0 saturated carbocycles. The molecule has 7 nitrogen and oxygen atoms in total. The minimum atomic E-state index is -3.48. The van der Waals surface area contributed by atoms with Crippen molar-refractivity contribution in [2.75, 3.05) is 25.5 Å². The summed E-state index contributed by atoms with van der Waals surface area (Å²) >= 11 is 0. The maximum atomic E-state index is 12.6. The third-order valence-electron chi connectivity index (χ3n) is 3.94. The second-order valence-corrected chi connectivity index (χ2v) is 7.27. The summed E-state index contributed by atoms with van der Waals surface area (Å²) in [7, 11) is -1.66. The molecule has 0 aliphatic carbocycles. The molecule has 22 heavy (non-hydrogen) atoms. The number of hydrogen-bond acceptors (Lipinski definition) is 5. The van der Waals surface area contributed by atoms with Crippen LogP contribution in [-0.4, -0.2) is 48.0 Å². The van der Waals surface area contributed by atoms with Gasteiger partial charge in [0, 0.05) is 37.9 Å². The molecule has 3 rings (SSSR count). The van der Waals surface area contributed by atoms with E-state index < -0.39 is 10.0 Å². The number of anilines is 1. The van der Waals surface area contributed by atoms with Crippen LogP contribution in [0.3, 0.4) is 0 Å². The van der Waals surface area contributed by atoms with E-state index in [4.69, 9.17) is 0 Å². The van der Waals surface area contributed by atoms with Gasteiger partial charge in [-0.1, -0.05) is 6.07 Å². The van der Waals surface area contributed by atoms with Crippen molar-refractivity contribution in [1.29, 1.82) is 0 Å². The first-order chi connectivity index (χ1) is 10.6. The van der Waals surface area contributed by atoms with Crippen molar-refractivity contribution in [3.8, 4) is 0 Å². The van der Waals surface area contributed by atoms with Gasteiger partial charge in [-0.05, 0) is 25.0 Å². The first-order valence-electron chi connectivity index (χ1n) is 7.25. The lowest BCUT2D eigenvalue weighted by Crippen LogP contribution is -2.39. The molecule has 0 spiro atoms. The Kier molecular flexibility index (Phi) is 4.12. The highest BCUT2D eigenvalue weighted by Gasteiger charge is 2.31. The molecule has 3 heterocycles. The Labute approximate surface area is 129 Å². The molecule has 0 unspecified atom stereocenters. The van der Waals surface area contributed by atoms with E-state index >= 15 is 0 Å². The SMILES string of the molecule is CNc1cccc([C@@H]2CCCN(S(=O)(=O)c3cn[nH]c3)C2)n1. The predicted octanol–water partition coefficient (Wildman–Crippen LogP) is 1.41. The number of sulfonamides is 1. The maximum absolute atomic E-state index is 12.6. The molecule has 2 N–H and O–H groups in total. The summed E-state index contributed by atoms with van der Waals surface area (Å²) in [6, 6.07) is 5.80. The number of hydrogen-bond donors (Lipinski definition) is 2. The Balaban J connectivity index is 1.82. The Hall–Kier alpha value is -1.93. The van der Waals surface area contributed by atoms with Crippen LogP contribution in [0.15, 0.2) is 35.5 Å². The van der Waals surface area contributed by atoms with Crippen LogP contribution in [0.4, 0.5) is 5.82 Å². The Morgan fingerprint density at radius 2 is 2.27 bits per heavy atom. The van der Waals surface area contributed by atoms with Gasteiger partial charge in [0.15, 0.2) is 0 Å². The molecule has 0 amide bonds. The average molecular weight is 321 g/mol. The van der Waals surface area contributed by atoms with Gasteiger partial charge in [0.1, 0.15) is 10.7 Å². The van der Waals surface area contributed by atoms with E-state index in [0.717, 1.165) is 24.4 Å². The highest BCUT2D eigenvalue weighted by atomic mass is 32.2. The first kappa shape index (κ1) is 15.0. The van der Waals surface area contributed by atoms with E-state index in [1.165, 1.54) is 16.7 Å². The molecule has 0 aromatic carbocycles. The number of nitrogens with zero attached hydrogens (tertiary/aromatic N) is 3. The van der Waals surface area contributed by atoms with Gasteiger partial charge >= 0.3 is 0 Å². The second kappa shape index (κ2) is 6.05. The van der Waals surface area contributed by atoms with Gasteiger partial charge in [0.2, 0.25) is 10.0 Å². The minimum absolute atomic E-state index is 0.115. The molecule has 1 aliphatic heterocycles. The third kappa shape index (κ3) is 2.84. The van der Waals surface area contributed by atoms with Crippen LogP contribution in [0.5, 0.6) is 0 Å². The fourth-order valence-corrected chi connectivity index (χ4v) is 4.18. The molecule has 118 valence electrons. The zero-order valence-corrected chi connectivity index (χ0v) is 13.2. The van der Waals surface area contributed by atoms with Crippen LogP contribution in [0.1, 0.15) is 24.5 Å². The number of piperidine rings is 1. The molecule has 0 bridgehead atoms. The smallest absolute Gasteiger partial charge is 0.246 e. The number of pyridine rings is 1. The molecular formula is C14H19N5O2S. The van der Waals surface area contributed by atoms with Gasteiger partial charge in [0.25, 0.3) is 0 Å². The zero-order chi connectivity index (χ0) is 15.6. The zero-order valence-electron chi connectivity index (χ0n) is 12.4. The van der Waals surface area contributed by atoms with E-state index in [2.05, 4.69) is 20.5 Å². The number of nitrogens with one attached hydrogen (secondary N) is 2. The van der Waals surface area contributed by atoms with Crippen molar-refractivity contribution in [3.63, 3.8) is 0 Å². The fourth-order valence-electron chi connectivity index (χ4n) is 2.75. The molecule has 1 aliphatic rings. The Bertz CT molecular complexity index is 729. The highest BCUT2D eigenvalue weighted by molar-refractivity contribution is 7.89. The Morgan fingerprint density at radius 1 is 1.41 bits per heavy atom. The summed E-state index contributed by atoms with van der Waals surface area (Å²) < 4.78 is 26.7. The topological polar surface area (TPSA) is 91.0 Å². The normalized spacial score (nSPS) is 20.0. The van der Waals surface area contributed by atoms with E-state index in [1.54, 1.807) is 0 Å². The van der Waals surface area contributed by atoms with Gasteiger partial charge in [-0.15, -0.1) is 0 Å². The van der Waals surface area contributed by atoms with Gasteiger partial charge in [0.05, 0.1) is 6.20 Å². The van der Waals surface area contributed by atoms with Crippen molar-refractivity contribution in [2.45, 2.75) is 23.7 Å². The molecule has 2 aromatic rings. The van der Waals surface area contributed by atoms with E-state index in [1.807, 2.05) is 25.2 Å². The number of aromatic amines is 1. The summed E-state index contributed by atoms with van der Waals surface area (Å²) in [6.07, 6.45) is 4.53. The van der Waals surface area contributed by atoms with Crippen molar-refractivity contribution in [1.82, 2.24) is 19.5 Å². The third-order valence-corrected chi connectivity index (χ3v) is 5.77. The summed E-state index contributed by atoms with van der Waals surface area (Å²) in [5.41, 5.74) is 0.930. The average Bonchev–Trinajstić information content (AvgIpc) is 3.10. The standard InChI is InChI=1S/C14H19N5O2S/c1-15-14-6-2-5-13(18-14)11-4-3-7-19(10-11)22(20,21)12-8-16-17-9-12/h2,5-6,8-9,11H,3-4,7,10H2,1H3,(H,15,18)(H,16,17)/t11-/m1/s1. The van der Waals surface area contributed by atoms with Crippen LogP contribution in [0, 0.1) is 0 Å². The van der Waals surface area contributed by atoms with Crippen molar-refractivity contribution >= 4 is 15.8 Å². The first-order valence-corrected chi connectivity index (χ1v) is 8.69. The minimum Gasteiger partial charge on any atom is -0.373 e. The maximum Gasteiger partial charge on any atom is 0.246 e. The monoisotopic (exact) mass is 321 g/mol. The van der Waals surface area contributed by atoms with Gasteiger partial charge in [-0.25, -0.2) is 13.4 Å². The molecule has 0 radical (unpaired) electrons. The molecule has 1 fully saturated rings. The van der Waals surface area contributed by atoms with Crippen LogP contribution in [-0.2, 0) is 10.0 Å². The molecule has 2 aromatic heterocycles. The molecule has 1 atom stereocenters. The van der Waals surface area contributed by atoms with Crippen molar-refractivity contribution in [2.24, 2.45) is 0 Å². The lowest BCUT2D eigenvalue weighted by Gasteiger charge is -2.31. The van der Waals surface area contributed by atoms with Crippen molar-refractivity contribution in [3.05, 3.63) is 36.3 Å². The van der Waals surface area contributed by atoms with Gasteiger partial charge < -0.3 is 5.32 Å². The number of aromatic nitrogens is 3. The number of H-pyrrole nitrogens is 1. The molecule has 1 saturated heterocycles. The highest BCUT2D eigenvalue weighted by Crippen LogP contribution is 2.29. The van der Waals surface area contributed by atoms with E-state index in [0.29, 0.717) is 13.1 Å². The van der Waals surface area contributed by atoms with E-state index in [-0.39, 0.29) is 10.8 Å². The van der Waals surface area contributed by atoms with Gasteiger partial charge in [-0.3, -0.25) is 5.10 Å². The molecular weight excluding hydrogens is 302 g/mol. The fraction of sp³-hybridized carbons (Fsp3) is 0.429. The predicted molar refractivity (Wildman–Crippen MR) is 83.1 cm³/mol. The van der Waals surface area contributed by atoms with Crippen molar-refractivity contribution < 1.29 is 8.42 Å². The van der Waals surface area contributed by atoms with Gasteiger partial charge in [-0.2, -0.15) is 9.40 Å². The summed E-state index contributed by atoms with van der Waals surface area (Å²) in [6.45, 7) is 0.989. The molecule has 8 heteroatoms. The summed E-state index contributed by atoms with van der Waals surface area (Å²) in [5.74, 6) is 0.913. The van der Waals surface area contributed by atoms with E-state index in [9.17, 15) is 8.42 Å². The summed E-state index contributed by atoms with van der Waals surface area (Å²) in [5, 5.41) is 9.30. The lowest BCUT2D eigenvalue weighted by molar-refractivity contribution is 0.313. The van der Waals surface area contributed by atoms with Crippen LogP contribution in [0.25, 0.3) is 0 Å². The van der Waals surface area contributed by atoms with Crippen LogP contribution >= 0.6 is 0 Å².